The smallest absolute Gasteiger partial charge is 0.176 e. The minimum Gasteiger partial charge on any atom is -0.263 e. The Hall–Kier alpha value is 0.450. The van der Waals surface area contributed by atoms with Crippen molar-refractivity contribution >= 4 is 29.6 Å². The van der Waals surface area contributed by atoms with Crippen LogP contribution in [-0.2, 0) is 8.00 Å². The lowest BCUT2D eigenvalue weighted by atomic mass is 10.8. The molecule has 0 bridgehead atoms. The highest BCUT2D eigenvalue weighted by molar-refractivity contribution is 9.38. The molecule has 6 heteroatoms. The molecule has 0 radical (unpaired) electrons. The molecule has 2 fully saturated rings. The van der Waals surface area contributed by atoms with Crippen LogP contribution in [0.4, 0.5) is 0 Å². The monoisotopic (exact) mass is 169 g/mol. The third-order valence-electron chi connectivity index (χ3n) is 1.14. The third-order valence-corrected chi connectivity index (χ3v) is 12.2. The van der Waals surface area contributed by atoms with E-state index in [9.17, 15) is 9.12 Å². The van der Waals surface area contributed by atoms with E-state index in [2.05, 4.69) is 5.18 Å². The van der Waals surface area contributed by atoms with Crippen LogP contribution in [0.25, 0.3) is 0 Å². The van der Waals surface area contributed by atoms with Gasteiger partial charge in [-0.2, -0.15) is 4.91 Å². The minimum atomic E-state index is -1.83. The summed E-state index contributed by atoms with van der Waals surface area (Å²) in [6.45, 7) is 0.236. The largest absolute Gasteiger partial charge is 0.263 e. The Bertz CT molecular complexity index is 191. The molecule has 0 unspecified atom stereocenters. The second-order valence-electron chi connectivity index (χ2n) is 1.68. The number of hydrogen-bond donors (Lipinski definition) is 1. The van der Waals surface area contributed by atoms with E-state index in [1.807, 2.05) is 0 Å². The van der Waals surface area contributed by atoms with Crippen molar-refractivity contribution in [1.29, 1.82) is 0 Å². The molecule has 0 N–H and O–H groups in total. The molecule has 0 amide bonds. The molecule has 2 heterocycles. The standard InChI is InChI=1S/C2H3NO2S3/c4-3-1-2-6-8(2,5)7-2/h8H,1H2. The fourth-order valence-electron chi connectivity index (χ4n) is 0.567. The molecule has 0 aromatic carbocycles. The zero-order valence-electron chi connectivity index (χ0n) is 3.73. The summed E-state index contributed by atoms with van der Waals surface area (Å²) in [6.07, 6.45) is 0. The van der Waals surface area contributed by atoms with E-state index < -0.39 is 8.00 Å². The van der Waals surface area contributed by atoms with Crippen molar-refractivity contribution in [3.8, 4) is 0 Å². The van der Waals surface area contributed by atoms with Gasteiger partial charge < -0.3 is 0 Å². The summed E-state index contributed by atoms with van der Waals surface area (Å²) in [5.41, 5.74) is 0. The summed E-state index contributed by atoms with van der Waals surface area (Å²) >= 11 is 0. The Balaban J connectivity index is 2.13. The summed E-state index contributed by atoms with van der Waals surface area (Å²) in [7, 11) is 1.01. The maximum atomic E-state index is 10.8. The van der Waals surface area contributed by atoms with Crippen molar-refractivity contribution in [2.75, 3.05) is 6.54 Å². The van der Waals surface area contributed by atoms with Crippen LogP contribution in [-0.4, -0.2) is 14.2 Å². The van der Waals surface area contributed by atoms with Gasteiger partial charge in [-0.1, -0.05) is 5.18 Å². The molecule has 0 aromatic heterocycles. The van der Waals surface area contributed by atoms with Crippen molar-refractivity contribution < 1.29 is 4.21 Å². The lowest BCUT2D eigenvalue weighted by molar-refractivity contribution is 0.693. The third kappa shape index (κ3) is 0.416. The fourth-order valence-corrected chi connectivity index (χ4v) is 10.3. The Morgan fingerprint density at radius 2 is 2.12 bits per heavy atom. The van der Waals surface area contributed by atoms with E-state index >= 15 is 0 Å². The molecule has 2 saturated heterocycles. The van der Waals surface area contributed by atoms with Crippen molar-refractivity contribution in [2.45, 2.75) is 3.41 Å². The van der Waals surface area contributed by atoms with Crippen LogP contribution >= 0.6 is 21.6 Å². The molecular weight excluding hydrogens is 166 g/mol. The van der Waals surface area contributed by atoms with Gasteiger partial charge in [0.25, 0.3) is 0 Å². The molecule has 0 aromatic rings. The SMILES string of the molecule is O=NCC12S[SH]1(=O)S2. The summed E-state index contributed by atoms with van der Waals surface area (Å²) in [5, 5.41) is 2.69. The fraction of sp³-hybridized carbons (Fsp3) is 1.00. The zero-order valence-corrected chi connectivity index (χ0v) is 6.26. The van der Waals surface area contributed by atoms with Gasteiger partial charge in [0, 0.05) is 8.00 Å². The number of nitroso groups, excluding NO2 is 1. The Kier molecular flexibility index (Phi) is 0.752. The normalized spacial score (nSPS) is 49.0. The molecule has 0 saturated carbocycles. The van der Waals surface area contributed by atoms with Crippen LogP contribution in [0.1, 0.15) is 0 Å². The van der Waals surface area contributed by atoms with Crippen LogP contribution in [0.3, 0.4) is 0 Å². The van der Waals surface area contributed by atoms with Crippen LogP contribution in [0.5, 0.6) is 0 Å². The number of hydrogen-bond acceptors (Lipinski definition) is 5. The molecule has 46 valence electrons. The van der Waals surface area contributed by atoms with E-state index in [1.165, 1.54) is 21.6 Å². The number of fused-ring (bicyclic) bond motifs is 1. The maximum absolute atomic E-state index is 10.8. The van der Waals surface area contributed by atoms with Crippen molar-refractivity contribution in [3.05, 3.63) is 4.91 Å². The van der Waals surface area contributed by atoms with E-state index in [0.717, 1.165) is 0 Å². The molecule has 0 aliphatic carbocycles. The van der Waals surface area contributed by atoms with Gasteiger partial charge in [-0.05, 0) is 21.6 Å². The number of nitrogens with zero attached hydrogens (tertiary/aromatic N) is 1. The first-order valence-corrected chi connectivity index (χ1v) is 6.58. The molecule has 0 spiro atoms. The quantitative estimate of drug-likeness (QED) is 0.287. The summed E-state index contributed by atoms with van der Waals surface area (Å²) in [5.74, 6) is 0. The van der Waals surface area contributed by atoms with Gasteiger partial charge in [-0.15, -0.1) is 0 Å². The van der Waals surface area contributed by atoms with Gasteiger partial charge in [-0.25, -0.2) is 0 Å². The van der Waals surface area contributed by atoms with E-state index in [0.29, 0.717) is 0 Å². The predicted molar refractivity (Wildman–Crippen MR) is 38.1 cm³/mol. The van der Waals surface area contributed by atoms with E-state index in [-0.39, 0.29) is 9.96 Å². The van der Waals surface area contributed by atoms with Crippen LogP contribution in [0.2, 0.25) is 0 Å². The van der Waals surface area contributed by atoms with Gasteiger partial charge in [0.1, 0.15) is 6.54 Å². The summed E-state index contributed by atoms with van der Waals surface area (Å²) in [4.78, 5) is 9.63. The predicted octanol–water partition coefficient (Wildman–Crippen LogP) is 0.747. The van der Waals surface area contributed by atoms with Crippen molar-refractivity contribution in [1.82, 2.24) is 0 Å². The highest BCUT2D eigenvalue weighted by atomic mass is 33.6. The van der Waals surface area contributed by atoms with Crippen molar-refractivity contribution in [3.63, 3.8) is 0 Å². The van der Waals surface area contributed by atoms with Gasteiger partial charge >= 0.3 is 0 Å². The first kappa shape index (κ1) is 5.25. The van der Waals surface area contributed by atoms with Gasteiger partial charge in [0.2, 0.25) is 0 Å². The van der Waals surface area contributed by atoms with Crippen molar-refractivity contribution in [2.24, 2.45) is 5.18 Å². The Morgan fingerprint density at radius 3 is 2.25 bits per heavy atom. The second kappa shape index (κ2) is 1.15. The van der Waals surface area contributed by atoms with Gasteiger partial charge in [-0.3, -0.25) is 4.21 Å². The Morgan fingerprint density at radius 1 is 1.62 bits per heavy atom. The first-order chi connectivity index (χ1) is 3.72. The van der Waals surface area contributed by atoms with Gasteiger partial charge in [0.05, 0.1) is 0 Å². The zero-order chi connectivity index (χ0) is 5.83. The van der Waals surface area contributed by atoms with Crippen LogP contribution < -0.4 is 0 Å². The van der Waals surface area contributed by atoms with Gasteiger partial charge in [0.15, 0.2) is 3.41 Å². The summed E-state index contributed by atoms with van der Waals surface area (Å²) < 4.78 is 10.7. The Labute approximate surface area is 54.2 Å². The number of rotatable bonds is 2. The molecule has 2 aliphatic rings. The van der Waals surface area contributed by atoms with Crippen LogP contribution in [0.15, 0.2) is 5.18 Å². The number of thiol groups is 1. The minimum absolute atomic E-state index is 0.186. The lowest BCUT2D eigenvalue weighted by Crippen LogP contribution is -1.91. The van der Waals surface area contributed by atoms with E-state index in [4.69, 9.17) is 0 Å². The molecule has 0 atom stereocenters. The van der Waals surface area contributed by atoms with E-state index in [1.54, 1.807) is 0 Å². The second-order valence-corrected chi connectivity index (χ2v) is 10.9. The average molecular weight is 169 g/mol. The topological polar surface area (TPSA) is 46.5 Å². The highest BCUT2D eigenvalue weighted by Crippen LogP contribution is 2.92. The molecular formula is C2H3NO2S3. The average Bonchev–Trinajstić information content (AvgIpc) is 2.25. The molecule has 3 nitrogen and oxygen atoms in total. The maximum Gasteiger partial charge on any atom is 0.176 e. The highest BCUT2D eigenvalue weighted by Gasteiger charge is 2.81. The summed E-state index contributed by atoms with van der Waals surface area (Å²) in [6, 6.07) is 0. The first-order valence-electron chi connectivity index (χ1n) is 2.03. The lowest BCUT2D eigenvalue weighted by Gasteiger charge is -1.81. The molecule has 2 aliphatic heterocycles. The molecule has 8 heavy (non-hydrogen) atoms. The molecule has 2 rings (SSSR count). The van der Waals surface area contributed by atoms with Crippen LogP contribution in [0, 0.1) is 4.91 Å².